The SMILES string of the molecule is Cc1ccc(N)c(NC(=O)c2cc(Br)c(Br)s2)c1C. The topological polar surface area (TPSA) is 55.1 Å². The number of thiophene rings is 1. The zero-order valence-corrected chi connectivity index (χ0v) is 14.4. The Morgan fingerprint density at radius 2 is 2.00 bits per heavy atom. The molecule has 1 aromatic heterocycles. The fourth-order valence-electron chi connectivity index (χ4n) is 1.64. The van der Waals surface area contributed by atoms with Gasteiger partial charge >= 0.3 is 0 Å². The number of rotatable bonds is 2. The van der Waals surface area contributed by atoms with Crippen LogP contribution < -0.4 is 11.1 Å². The second-order valence-electron chi connectivity index (χ2n) is 4.16. The lowest BCUT2D eigenvalue weighted by Crippen LogP contribution is -2.13. The third-order valence-electron chi connectivity index (χ3n) is 2.88. The molecule has 0 saturated heterocycles. The van der Waals surface area contributed by atoms with Gasteiger partial charge in [-0.2, -0.15) is 0 Å². The van der Waals surface area contributed by atoms with E-state index in [4.69, 9.17) is 5.73 Å². The first-order valence-electron chi connectivity index (χ1n) is 5.52. The number of hydrogen-bond acceptors (Lipinski definition) is 3. The highest BCUT2D eigenvalue weighted by Crippen LogP contribution is 2.33. The number of carbonyl (C=O) groups excluding carboxylic acids is 1. The van der Waals surface area contributed by atoms with Crippen molar-refractivity contribution < 1.29 is 4.79 Å². The monoisotopic (exact) mass is 402 g/mol. The molecule has 100 valence electrons. The highest BCUT2D eigenvalue weighted by atomic mass is 79.9. The molecule has 2 rings (SSSR count). The zero-order valence-electron chi connectivity index (χ0n) is 10.4. The van der Waals surface area contributed by atoms with Crippen molar-refractivity contribution >= 4 is 60.5 Å². The summed E-state index contributed by atoms with van der Waals surface area (Å²) in [5.74, 6) is -0.156. The summed E-state index contributed by atoms with van der Waals surface area (Å²) in [6.45, 7) is 3.93. The Labute approximate surface area is 132 Å². The molecule has 0 aliphatic rings. The van der Waals surface area contributed by atoms with Gasteiger partial charge in [0.1, 0.15) is 0 Å². The fraction of sp³-hybridized carbons (Fsp3) is 0.154. The Kier molecular flexibility index (Phi) is 4.32. The van der Waals surface area contributed by atoms with E-state index >= 15 is 0 Å². The maximum Gasteiger partial charge on any atom is 0.265 e. The number of nitrogen functional groups attached to an aromatic ring is 1. The van der Waals surface area contributed by atoms with Crippen LogP contribution in [0.25, 0.3) is 0 Å². The summed E-state index contributed by atoms with van der Waals surface area (Å²) in [7, 11) is 0. The summed E-state index contributed by atoms with van der Waals surface area (Å²) < 4.78 is 1.77. The number of nitrogens with one attached hydrogen (secondary N) is 1. The molecule has 0 unspecified atom stereocenters. The molecule has 0 aliphatic carbocycles. The molecule has 0 fully saturated rings. The number of aryl methyl sites for hydroxylation is 1. The van der Waals surface area contributed by atoms with Crippen molar-refractivity contribution in [2.75, 3.05) is 11.1 Å². The number of nitrogens with two attached hydrogens (primary N) is 1. The Bertz CT molecular complexity index is 633. The van der Waals surface area contributed by atoms with E-state index in [-0.39, 0.29) is 5.91 Å². The summed E-state index contributed by atoms with van der Waals surface area (Å²) >= 11 is 8.12. The maximum absolute atomic E-state index is 12.2. The third-order valence-corrected chi connectivity index (χ3v) is 6.13. The molecule has 1 amide bonds. The molecule has 0 spiro atoms. The van der Waals surface area contributed by atoms with Crippen LogP contribution in [-0.4, -0.2) is 5.91 Å². The number of halogens is 2. The van der Waals surface area contributed by atoms with Crippen molar-refractivity contribution in [1.82, 2.24) is 0 Å². The number of benzene rings is 1. The summed E-state index contributed by atoms with van der Waals surface area (Å²) in [6.07, 6.45) is 0. The summed E-state index contributed by atoms with van der Waals surface area (Å²) in [4.78, 5) is 12.8. The standard InChI is InChI=1S/C13H12Br2N2OS/c1-6-3-4-9(16)11(7(6)2)17-13(18)10-5-8(14)12(15)19-10/h3-5H,16H2,1-2H3,(H,17,18). The fourth-order valence-corrected chi connectivity index (χ4v) is 3.57. The van der Waals surface area contributed by atoms with Crippen LogP contribution in [0.15, 0.2) is 26.5 Å². The Morgan fingerprint density at radius 3 is 2.58 bits per heavy atom. The quantitative estimate of drug-likeness (QED) is 0.712. The minimum atomic E-state index is -0.156. The van der Waals surface area contributed by atoms with E-state index in [1.54, 1.807) is 12.1 Å². The predicted octanol–water partition coefficient (Wildman–Crippen LogP) is 4.72. The molecule has 3 nitrogen and oxygen atoms in total. The second-order valence-corrected chi connectivity index (χ2v) is 7.38. The van der Waals surface area contributed by atoms with Crippen molar-refractivity contribution in [2.24, 2.45) is 0 Å². The van der Waals surface area contributed by atoms with Gasteiger partial charge in [-0.3, -0.25) is 4.79 Å². The summed E-state index contributed by atoms with van der Waals surface area (Å²) in [5.41, 5.74) is 9.27. The molecule has 0 aliphatic heterocycles. The van der Waals surface area contributed by atoms with Crippen LogP contribution in [0, 0.1) is 13.8 Å². The highest BCUT2D eigenvalue weighted by molar-refractivity contribution is 9.13. The van der Waals surface area contributed by atoms with Crippen LogP contribution in [0.2, 0.25) is 0 Å². The van der Waals surface area contributed by atoms with Gasteiger partial charge in [-0.15, -0.1) is 11.3 Å². The van der Waals surface area contributed by atoms with Gasteiger partial charge in [-0.05, 0) is 69.0 Å². The lowest BCUT2D eigenvalue weighted by molar-refractivity contribution is 0.103. The van der Waals surface area contributed by atoms with E-state index in [1.807, 2.05) is 19.9 Å². The first kappa shape index (κ1) is 14.6. The van der Waals surface area contributed by atoms with Crippen LogP contribution >= 0.6 is 43.2 Å². The van der Waals surface area contributed by atoms with Crippen LogP contribution in [0.3, 0.4) is 0 Å². The molecule has 0 radical (unpaired) electrons. The van der Waals surface area contributed by atoms with E-state index in [0.717, 1.165) is 19.4 Å². The van der Waals surface area contributed by atoms with E-state index in [0.29, 0.717) is 16.3 Å². The van der Waals surface area contributed by atoms with Gasteiger partial charge in [-0.1, -0.05) is 6.07 Å². The first-order valence-corrected chi connectivity index (χ1v) is 7.92. The molecule has 6 heteroatoms. The van der Waals surface area contributed by atoms with Gasteiger partial charge in [0.2, 0.25) is 0 Å². The average molecular weight is 404 g/mol. The van der Waals surface area contributed by atoms with E-state index < -0.39 is 0 Å². The Balaban J connectivity index is 2.31. The minimum absolute atomic E-state index is 0.156. The Morgan fingerprint density at radius 1 is 1.32 bits per heavy atom. The number of anilines is 2. The van der Waals surface area contributed by atoms with Crippen LogP contribution in [-0.2, 0) is 0 Å². The van der Waals surface area contributed by atoms with Gasteiger partial charge in [0, 0.05) is 4.47 Å². The van der Waals surface area contributed by atoms with E-state index in [9.17, 15) is 4.79 Å². The lowest BCUT2D eigenvalue weighted by atomic mass is 10.1. The predicted molar refractivity (Wildman–Crippen MR) is 88.0 cm³/mol. The largest absolute Gasteiger partial charge is 0.397 e. The summed E-state index contributed by atoms with van der Waals surface area (Å²) in [5, 5.41) is 2.88. The van der Waals surface area contributed by atoms with Crippen LogP contribution in [0.5, 0.6) is 0 Å². The Hall–Kier alpha value is -0.850. The molecular formula is C13H12Br2N2OS. The molecule has 0 atom stereocenters. The van der Waals surface area contributed by atoms with Crippen molar-refractivity contribution in [1.29, 1.82) is 0 Å². The molecule has 3 N–H and O–H groups in total. The number of carbonyl (C=O) groups is 1. The van der Waals surface area contributed by atoms with E-state index in [2.05, 4.69) is 37.2 Å². The van der Waals surface area contributed by atoms with Gasteiger partial charge in [0.25, 0.3) is 5.91 Å². The first-order chi connectivity index (χ1) is 8.90. The van der Waals surface area contributed by atoms with Crippen LogP contribution in [0.4, 0.5) is 11.4 Å². The van der Waals surface area contributed by atoms with Crippen molar-refractivity contribution in [3.8, 4) is 0 Å². The molecule has 1 aromatic carbocycles. The maximum atomic E-state index is 12.2. The van der Waals surface area contributed by atoms with Crippen molar-refractivity contribution in [2.45, 2.75) is 13.8 Å². The number of hydrogen-bond donors (Lipinski definition) is 2. The van der Waals surface area contributed by atoms with E-state index in [1.165, 1.54) is 11.3 Å². The molecular weight excluding hydrogens is 392 g/mol. The zero-order chi connectivity index (χ0) is 14.2. The molecule has 19 heavy (non-hydrogen) atoms. The van der Waals surface area contributed by atoms with Crippen molar-refractivity contribution in [3.63, 3.8) is 0 Å². The van der Waals surface area contributed by atoms with Gasteiger partial charge in [0.05, 0.1) is 20.0 Å². The van der Waals surface area contributed by atoms with Gasteiger partial charge in [0.15, 0.2) is 0 Å². The minimum Gasteiger partial charge on any atom is -0.397 e. The molecule has 1 heterocycles. The molecule has 0 saturated carbocycles. The average Bonchev–Trinajstić information content (AvgIpc) is 2.70. The van der Waals surface area contributed by atoms with Crippen molar-refractivity contribution in [3.05, 3.63) is 42.5 Å². The summed E-state index contributed by atoms with van der Waals surface area (Å²) in [6, 6.07) is 5.53. The molecule has 0 bridgehead atoms. The molecule has 2 aromatic rings. The van der Waals surface area contributed by atoms with Gasteiger partial charge < -0.3 is 11.1 Å². The van der Waals surface area contributed by atoms with Crippen LogP contribution in [0.1, 0.15) is 20.8 Å². The number of amides is 1. The van der Waals surface area contributed by atoms with Gasteiger partial charge in [-0.25, -0.2) is 0 Å². The lowest BCUT2D eigenvalue weighted by Gasteiger charge is -2.12. The highest BCUT2D eigenvalue weighted by Gasteiger charge is 2.15. The normalized spacial score (nSPS) is 10.5. The second kappa shape index (κ2) is 5.64. The smallest absolute Gasteiger partial charge is 0.265 e. The third kappa shape index (κ3) is 3.01.